The van der Waals surface area contributed by atoms with Crippen LogP contribution in [-0.2, 0) is 11.3 Å². The molecule has 0 aliphatic carbocycles. The smallest absolute Gasteiger partial charge is 0.181 e. The van der Waals surface area contributed by atoms with E-state index in [1.807, 2.05) is 0 Å². The minimum absolute atomic E-state index is 0.449. The SMILES string of the molecule is COCc1nc(-c2cccc(C(C)N3CCCC3)c2)n[nH]1. The van der Waals surface area contributed by atoms with Gasteiger partial charge in [0.05, 0.1) is 0 Å². The van der Waals surface area contributed by atoms with Crippen LogP contribution in [0.25, 0.3) is 11.4 Å². The van der Waals surface area contributed by atoms with Gasteiger partial charge in [0.25, 0.3) is 0 Å². The van der Waals surface area contributed by atoms with Crippen LogP contribution in [0.4, 0.5) is 0 Å². The highest BCUT2D eigenvalue weighted by atomic mass is 16.5. The third-order valence-electron chi connectivity index (χ3n) is 4.13. The van der Waals surface area contributed by atoms with Crippen LogP contribution in [0.15, 0.2) is 24.3 Å². The number of ether oxygens (including phenoxy) is 1. The molecule has 21 heavy (non-hydrogen) atoms. The van der Waals surface area contributed by atoms with Crippen LogP contribution in [0.1, 0.15) is 37.2 Å². The van der Waals surface area contributed by atoms with Crippen LogP contribution in [0.5, 0.6) is 0 Å². The molecule has 2 heterocycles. The van der Waals surface area contributed by atoms with Gasteiger partial charge in [-0.2, -0.15) is 5.10 Å². The molecule has 1 aromatic heterocycles. The number of aromatic nitrogens is 3. The van der Waals surface area contributed by atoms with E-state index in [0.29, 0.717) is 12.6 Å². The Morgan fingerprint density at radius 3 is 2.90 bits per heavy atom. The highest BCUT2D eigenvalue weighted by Crippen LogP contribution is 2.27. The minimum atomic E-state index is 0.449. The number of H-pyrrole nitrogens is 1. The third kappa shape index (κ3) is 3.14. The van der Waals surface area contributed by atoms with Crippen molar-refractivity contribution in [3.8, 4) is 11.4 Å². The van der Waals surface area contributed by atoms with Crippen molar-refractivity contribution in [2.24, 2.45) is 0 Å². The summed E-state index contributed by atoms with van der Waals surface area (Å²) in [5.74, 6) is 1.49. The highest BCUT2D eigenvalue weighted by Gasteiger charge is 2.19. The van der Waals surface area contributed by atoms with Crippen molar-refractivity contribution in [2.45, 2.75) is 32.4 Å². The van der Waals surface area contributed by atoms with E-state index in [9.17, 15) is 0 Å². The van der Waals surface area contributed by atoms with E-state index in [1.54, 1.807) is 7.11 Å². The molecule has 1 atom stereocenters. The summed E-state index contributed by atoms with van der Waals surface area (Å²) in [5.41, 5.74) is 2.38. The fraction of sp³-hybridized carbons (Fsp3) is 0.500. The van der Waals surface area contributed by atoms with Crippen molar-refractivity contribution in [2.75, 3.05) is 20.2 Å². The van der Waals surface area contributed by atoms with Crippen LogP contribution in [-0.4, -0.2) is 40.3 Å². The summed E-state index contributed by atoms with van der Waals surface area (Å²) in [6.07, 6.45) is 2.62. The van der Waals surface area contributed by atoms with Gasteiger partial charge in [-0.1, -0.05) is 18.2 Å². The van der Waals surface area contributed by atoms with Gasteiger partial charge in [-0.05, 0) is 44.5 Å². The normalized spacial score (nSPS) is 17.2. The van der Waals surface area contributed by atoms with Gasteiger partial charge < -0.3 is 4.74 Å². The zero-order valence-corrected chi connectivity index (χ0v) is 12.7. The number of nitrogens with zero attached hydrogens (tertiary/aromatic N) is 3. The zero-order valence-electron chi connectivity index (χ0n) is 12.7. The number of nitrogens with one attached hydrogen (secondary N) is 1. The van der Waals surface area contributed by atoms with Crippen molar-refractivity contribution in [3.63, 3.8) is 0 Å². The highest BCUT2D eigenvalue weighted by molar-refractivity contribution is 5.56. The average Bonchev–Trinajstić information content (AvgIpc) is 3.18. The quantitative estimate of drug-likeness (QED) is 0.918. The van der Waals surface area contributed by atoms with Gasteiger partial charge in [-0.25, -0.2) is 4.98 Å². The lowest BCUT2D eigenvalue weighted by Gasteiger charge is -2.24. The Labute approximate surface area is 125 Å². The first-order valence-corrected chi connectivity index (χ1v) is 7.52. The largest absolute Gasteiger partial charge is 0.377 e. The first kappa shape index (κ1) is 14.2. The van der Waals surface area contributed by atoms with Gasteiger partial charge in [0.15, 0.2) is 11.6 Å². The number of likely N-dealkylation sites (tertiary alicyclic amines) is 1. The molecule has 1 fully saturated rings. The van der Waals surface area contributed by atoms with Crippen LogP contribution in [0.2, 0.25) is 0 Å². The number of rotatable bonds is 5. The predicted octanol–water partition coefficient (Wildman–Crippen LogP) is 2.77. The molecular weight excluding hydrogens is 264 g/mol. The van der Waals surface area contributed by atoms with Gasteiger partial charge in [0.2, 0.25) is 0 Å². The Kier molecular flexibility index (Phi) is 4.31. The summed E-state index contributed by atoms with van der Waals surface area (Å²) in [5, 5.41) is 7.19. The van der Waals surface area contributed by atoms with Crippen molar-refractivity contribution in [1.29, 1.82) is 0 Å². The molecule has 1 aromatic carbocycles. The van der Waals surface area contributed by atoms with Crippen molar-refractivity contribution >= 4 is 0 Å². The summed E-state index contributed by atoms with van der Waals surface area (Å²) in [6, 6.07) is 8.98. The maximum Gasteiger partial charge on any atom is 0.181 e. The molecule has 0 spiro atoms. The van der Waals surface area contributed by atoms with Gasteiger partial charge in [0.1, 0.15) is 6.61 Å². The molecule has 1 saturated heterocycles. The number of hydrogen-bond donors (Lipinski definition) is 1. The van der Waals surface area contributed by atoms with Gasteiger partial charge in [-0.15, -0.1) is 0 Å². The lowest BCUT2D eigenvalue weighted by molar-refractivity contribution is 0.178. The lowest BCUT2D eigenvalue weighted by Crippen LogP contribution is -2.23. The second-order valence-electron chi connectivity index (χ2n) is 5.58. The molecule has 0 amide bonds. The van der Waals surface area contributed by atoms with Crippen LogP contribution in [0.3, 0.4) is 0 Å². The summed E-state index contributed by atoms with van der Waals surface area (Å²) < 4.78 is 5.07. The molecule has 1 aliphatic rings. The monoisotopic (exact) mass is 286 g/mol. The Morgan fingerprint density at radius 1 is 1.33 bits per heavy atom. The molecule has 5 nitrogen and oxygen atoms in total. The van der Waals surface area contributed by atoms with E-state index in [1.165, 1.54) is 31.5 Å². The second-order valence-corrected chi connectivity index (χ2v) is 5.58. The molecule has 2 aromatic rings. The molecule has 1 unspecified atom stereocenters. The van der Waals surface area contributed by atoms with E-state index in [2.05, 4.69) is 51.3 Å². The molecule has 0 saturated carbocycles. The van der Waals surface area contributed by atoms with E-state index < -0.39 is 0 Å². The molecule has 3 rings (SSSR count). The Morgan fingerprint density at radius 2 is 2.14 bits per heavy atom. The molecule has 5 heteroatoms. The Hall–Kier alpha value is -1.72. The predicted molar refractivity (Wildman–Crippen MR) is 81.8 cm³/mol. The van der Waals surface area contributed by atoms with Crippen LogP contribution < -0.4 is 0 Å². The molecule has 0 radical (unpaired) electrons. The fourth-order valence-electron chi connectivity index (χ4n) is 2.90. The van der Waals surface area contributed by atoms with E-state index >= 15 is 0 Å². The fourth-order valence-corrected chi connectivity index (χ4v) is 2.90. The minimum Gasteiger partial charge on any atom is -0.377 e. The molecule has 1 N–H and O–H groups in total. The summed E-state index contributed by atoms with van der Waals surface area (Å²) in [4.78, 5) is 7.00. The molecule has 0 bridgehead atoms. The summed E-state index contributed by atoms with van der Waals surface area (Å²) >= 11 is 0. The van der Waals surface area contributed by atoms with Gasteiger partial charge in [0, 0.05) is 18.7 Å². The zero-order chi connectivity index (χ0) is 14.7. The molecular formula is C16H22N4O. The van der Waals surface area contributed by atoms with Gasteiger partial charge in [-0.3, -0.25) is 10.00 Å². The van der Waals surface area contributed by atoms with Crippen LogP contribution in [0, 0.1) is 0 Å². The molecule has 112 valence electrons. The number of methoxy groups -OCH3 is 1. The number of hydrogen-bond acceptors (Lipinski definition) is 4. The second kappa shape index (κ2) is 6.37. The number of aromatic amines is 1. The van der Waals surface area contributed by atoms with E-state index in [4.69, 9.17) is 4.74 Å². The standard InChI is InChI=1S/C16H22N4O/c1-12(20-8-3-4-9-20)13-6-5-7-14(10-13)16-17-15(11-21-2)18-19-16/h5-7,10,12H,3-4,8-9,11H2,1-2H3,(H,17,18,19). The Bertz CT molecular complexity index is 589. The maximum absolute atomic E-state index is 5.07. The maximum atomic E-state index is 5.07. The van der Waals surface area contributed by atoms with E-state index in [0.717, 1.165) is 17.2 Å². The van der Waals surface area contributed by atoms with Gasteiger partial charge >= 0.3 is 0 Å². The summed E-state index contributed by atoms with van der Waals surface area (Å²) in [6.45, 7) is 5.13. The topological polar surface area (TPSA) is 54.0 Å². The van der Waals surface area contributed by atoms with E-state index in [-0.39, 0.29) is 0 Å². The van der Waals surface area contributed by atoms with Crippen molar-refractivity contribution in [3.05, 3.63) is 35.7 Å². The molecule has 1 aliphatic heterocycles. The summed E-state index contributed by atoms with van der Waals surface area (Å²) in [7, 11) is 1.65. The Balaban J connectivity index is 1.81. The first-order valence-electron chi connectivity index (χ1n) is 7.52. The lowest BCUT2D eigenvalue weighted by atomic mass is 10.0. The van der Waals surface area contributed by atoms with Crippen molar-refractivity contribution < 1.29 is 4.74 Å². The average molecular weight is 286 g/mol. The first-order chi connectivity index (χ1) is 10.3. The third-order valence-corrected chi connectivity index (χ3v) is 4.13. The van der Waals surface area contributed by atoms with Crippen LogP contribution >= 0.6 is 0 Å². The van der Waals surface area contributed by atoms with Crippen molar-refractivity contribution in [1.82, 2.24) is 20.1 Å². The number of benzene rings is 1.